The van der Waals surface area contributed by atoms with Crippen molar-refractivity contribution < 1.29 is 39.5 Å². The SMILES string of the molecule is CCC(=O)C([C]=O)(C(O)C(C)([N+](=O)[O-])[N+](=O)[O-])C(O)C(C)([N+](=O)[O-])[N+](=O)[O-]. The highest BCUT2D eigenvalue weighted by molar-refractivity contribution is 6.00. The van der Waals surface area contributed by atoms with Crippen LogP contribution in [0.25, 0.3) is 0 Å². The number of carbonyl (C=O) groups is 1. The number of nitro groups is 4. The van der Waals surface area contributed by atoms with Crippen molar-refractivity contribution in [3.05, 3.63) is 40.5 Å². The minimum atomic E-state index is -3.74. The monoisotopic (exact) mass is 395 g/mol. The van der Waals surface area contributed by atoms with E-state index in [0.717, 1.165) is 6.92 Å². The Hall–Kier alpha value is -3.14. The lowest BCUT2D eigenvalue weighted by molar-refractivity contribution is -0.813. The van der Waals surface area contributed by atoms with Gasteiger partial charge in [0.05, 0.1) is 13.8 Å². The van der Waals surface area contributed by atoms with Crippen molar-refractivity contribution in [3.8, 4) is 0 Å². The maximum absolute atomic E-state index is 12.3. The quantitative estimate of drug-likeness (QED) is 0.172. The van der Waals surface area contributed by atoms with E-state index in [2.05, 4.69) is 0 Å². The maximum Gasteiger partial charge on any atom is 0.482 e. The van der Waals surface area contributed by atoms with Gasteiger partial charge in [0.25, 0.3) is 0 Å². The average Bonchev–Trinajstić information content (AvgIpc) is 2.59. The summed E-state index contributed by atoms with van der Waals surface area (Å²) in [6.07, 6.45) is -6.83. The van der Waals surface area contributed by atoms with Crippen molar-refractivity contribution in [2.45, 2.75) is 50.7 Å². The normalized spacial score (nSPS) is 16.5. The zero-order chi connectivity index (χ0) is 22.0. The summed E-state index contributed by atoms with van der Waals surface area (Å²) in [6, 6.07) is 0. The summed E-state index contributed by atoms with van der Waals surface area (Å²) in [5.74, 6) is -1.66. The average molecular weight is 395 g/mol. The molecule has 0 fully saturated rings. The Labute approximate surface area is 149 Å². The second-order valence-electron chi connectivity index (χ2n) is 5.77. The summed E-state index contributed by atoms with van der Waals surface area (Å²) in [5.41, 5.74) is -11.2. The smallest absolute Gasteiger partial charge is 0.378 e. The Morgan fingerprint density at radius 2 is 1.15 bits per heavy atom. The summed E-state index contributed by atoms with van der Waals surface area (Å²) >= 11 is 0. The summed E-state index contributed by atoms with van der Waals surface area (Å²) in [7, 11) is 0. The van der Waals surface area contributed by atoms with Gasteiger partial charge in [-0.1, -0.05) is 6.92 Å². The van der Waals surface area contributed by atoms with Crippen molar-refractivity contribution >= 4 is 12.1 Å². The zero-order valence-corrected chi connectivity index (χ0v) is 14.1. The highest BCUT2D eigenvalue weighted by Crippen LogP contribution is 2.40. The lowest BCUT2D eigenvalue weighted by atomic mass is 9.66. The molecule has 0 aromatic heterocycles. The van der Waals surface area contributed by atoms with Crippen LogP contribution >= 0.6 is 0 Å². The predicted octanol–water partition coefficient (Wildman–Crippen LogP) is -1.68. The first-order chi connectivity index (χ1) is 12.1. The fourth-order valence-corrected chi connectivity index (χ4v) is 2.31. The molecule has 2 atom stereocenters. The van der Waals surface area contributed by atoms with Crippen LogP contribution in [0.2, 0.25) is 0 Å². The Balaban J connectivity index is 7.08. The van der Waals surface area contributed by atoms with Crippen molar-refractivity contribution in [3.63, 3.8) is 0 Å². The minimum absolute atomic E-state index is 0.162. The van der Waals surface area contributed by atoms with Crippen LogP contribution in [0.3, 0.4) is 0 Å². The molecule has 0 amide bonds. The fourth-order valence-electron chi connectivity index (χ4n) is 2.31. The van der Waals surface area contributed by atoms with Gasteiger partial charge in [-0.3, -0.25) is 50.0 Å². The first kappa shape index (κ1) is 23.9. The third-order valence-electron chi connectivity index (χ3n) is 4.33. The summed E-state index contributed by atoms with van der Waals surface area (Å²) < 4.78 is 0. The molecule has 1 radical (unpaired) electrons. The van der Waals surface area contributed by atoms with Crippen LogP contribution in [0.1, 0.15) is 27.2 Å². The first-order valence-corrected chi connectivity index (χ1v) is 7.00. The topological polar surface area (TPSA) is 247 Å². The van der Waals surface area contributed by atoms with Gasteiger partial charge in [-0.15, -0.1) is 0 Å². The minimum Gasteiger partial charge on any atom is -0.378 e. The third-order valence-corrected chi connectivity index (χ3v) is 4.33. The van der Waals surface area contributed by atoms with Crippen molar-refractivity contribution in [1.82, 2.24) is 0 Å². The molecular weight excluding hydrogens is 380 g/mol. The van der Waals surface area contributed by atoms with Gasteiger partial charge in [-0.05, 0) is 0 Å². The van der Waals surface area contributed by atoms with E-state index >= 15 is 0 Å². The second kappa shape index (κ2) is 7.62. The molecule has 2 unspecified atom stereocenters. The Morgan fingerprint density at radius 3 is 1.30 bits per heavy atom. The second-order valence-corrected chi connectivity index (χ2v) is 5.77. The molecule has 16 heteroatoms. The Bertz CT molecular complexity index is 619. The molecule has 0 aliphatic heterocycles. The number of hydrogen-bond acceptors (Lipinski definition) is 12. The molecule has 27 heavy (non-hydrogen) atoms. The molecular formula is C11H15N4O12. The van der Waals surface area contributed by atoms with E-state index in [1.54, 1.807) is 0 Å². The highest BCUT2D eigenvalue weighted by Gasteiger charge is 2.77. The molecule has 0 aliphatic rings. The van der Waals surface area contributed by atoms with E-state index in [1.807, 2.05) is 0 Å². The van der Waals surface area contributed by atoms with Gasteiger partial charge >= 0.3 is 11.3 Å². The van der Waals surface area contributed by atoms with Gasteiger partial charge in [0.15, 0.2) is 11.2 Å². The number of carbonyl (C=O) groups excluding carboxylic acids is 2. The van der Waals surface area contributed by atoms with Crippen LogP contribution in [-0.2, 0) is 9.59 Å². The summed E-state index contributed by atoms with van der Waals surface area (Å²) in [5, 5.41) is 65.0. The van der Waals surface area contributed by atoms with Gasteiger partial charge in [0, 0.05) is 6.42 Å². The van der Waals surface area contributed by atoms with Gasteiger partial charge < -0.3 is 10.2 Å². The first-order valence-electron chi connectivity index (χ1n) is 7.00. The van der Waals surface area contributed by atoms with Crippen molar-refractivity contribution in [2.24, 2.45) is 5.41 Å². The van der Waals surface area contributed by atoms with E-state index in [0.29, 0.717) is 6.29 Å². The molecule has 0 bridgehead atoms. The number of rotatable bonds is 11. The number of ketones is 1. The molecule has 151 valence electrons. The number of aliphatic hydroxyl groups is 2. The number of aliphatic hydroxyl groups excluding tert-OH is 2. The van der Waals surface area contributed by atoms with Gasteiger partial charge in [0.1, 0.15) is 19.7 Å². The number of Topliss-reactive ketones (excluding diaryl/α,β-unsaturated/α-hetero) is 1. The largest absolute Gasteiger partial charge is 0.482 e. The van der Waals surface area contributed by atoms with Gasteiger partial charge in [0.2, 0.25) is 18.5 Å². The van der Waals surface area contributed by atoms with Crippen LogP contribution < -0.4 is 0 Å². The molecule has 0 aromatic carbocycles. The lowest BCUT2D eigenvalue weighted by Gasteiger charge is -2.36. The molecule has 2 N–H and O–H groups in total. The van der Waals surface area contributed by atoms with Crippen LogP contribution in [0.15, 0.2) is 0 Å². The molecule has 0 spiro atoms. The highest BCUT2D eigenvalue weighted by atomic mass is 16.7. The van der Waals surface area contributed by atoms with E-state index in [9.17, 15) is 60.3 Å². The lowest BCUT2D eigenvalue weighted by Crippen LogP contribution is -2.71. The zero-order valence-electron chi connectivity index (χ0n) is 14.1. The van der Waals surface area contributed by atoms with Gasteiger partial charge in [-0.2, -0.15) is 0 Å². The standard InChI is InChI=1S/C11H15N4O12/c1-4-6(17)11(5-16,7(18)9(2,12(20)21)13(22)23)8(19)10(3,14(24)25)15(26)27/h7-8,18-19H,4H2,1-3H3. The summed E-state index contributed by atoms with van der Waals surface area (Å²) in [4.78, 5) is 61.5. The van der Waals surface area contributed by atoms with Crippen LogP contribution in [0.4, 0.5) is 0 Å². The van der Waals surface area contributed by atoms with Crippen molar-refractivity contribution in [2.75, 3.05) is 0 Å². The number of nitrogens with zero attached hydrogens (tertiary/aromatic N) is 4. The van der Waals surface area contributed by atoms with Crippen LogP contribution in [-0.4, -0.2) is 65.5 Å². The predicted molar refractivity (Wildman–Crippen MR) is 80.2 cm³/mol. The Morgan fingerprint density at radius 1 is 0.889 bits per heavy atom. The van der Waals surface area contributed by atoms with Gasteiger partial charge in [-0.25, -0.2) is 0 Å². The molecule has 0 saturated carbocycles. The van der Waals surface area contributed by atoms with E-state index in [-0.39, 0.29) is 13.8 Å². The molecule has 0 rings (SSSR count). The molecule has 0 aromatic rings. The molecule has 0 aliphatic carbocycles. The van der Waals surface area contributed by atoms with Crippen LogP contribution in [0, 0.1) is 45.9 Å². The summed E-state index contributed by atoms with van der Waals surface area (Å²) in [6.45, 7) is 1.31. The van der Waals surface area contributed by atoms with E-state index in [1.165, 1.54) is 0 Å². The van der Waals surface area contributed by atoms with Crippen LogP contribution in [0.5, 0.6) is 0 Å². The van der Waals surface area contributed by atoms with Crippen molar-refractivity contribution in [1.29, 1.82) is 0 Å². The molecule has 0 saturated heterocycles. The van der Waals surface area contributed by atoms with E-state index in [4.69, 9.17) is 0 Å². The molecule has 0 heterocycles. The molecule has 16 nitrogen and oxygen atoms in total. The maximum atomic E-state index is 12.3. The fraction of sp³-hybridized carbons (Fsp3) is 0.818. The third kappa shape index (κ3) is 3.19. The van der Waals surface area contributed by atoms with E-state index < -0.39 is 60.8 Å². The number of hydrogen-bond donors (Lipinski definition) is 2. The Kier molecular flexibility index (Phi) is 6.73.